The molecule has 3 rings (SSSR count). The molecule has 0 aliphatic carbocycles. The number of hydrogen-bond acceptors (Lipinski definition) is 4. The Hall–Kier alpha value is -0.730. The van der Waals surface area contributed by atoms with E-state index in [-0.39, 0.29) is 6.04 Å². The third-order valence-electron chi connectivity index (χ3n) is 4.35. The lowest BCUT2D eigenvalue weighted by Crippen LogP contribution is -2.40. The fraction of sp³-hybridized carbons (Fsp3) is 0.412. The van der Waals surface area contributed by atoms with Gasteiger partial charge in [0.15, 0.2) is 0 Å². The summed E-state index contributed by atoms with van der Waals surface area (Å²) in [6, 6.07) is 8.92. The molecular weight excluding hydrogens is 408 g/mol. The lowest BCUT2D eigenvalue weighted by Gasteiger charge is -2.34. The summed E-state index contributed by atoms with van der Waals surface area (Å²) < 4.78 is 28.8. The molecule has 0 saturated carbocycles. The molecule has 0 amide bonds. The normalized spacial score (nSPS) is 17.7. The van der Waals surface area contributed by atoms with Crippen molar-refractivity contribution < 1.29 is 8.42 Å². The van der Waals surface area contributed by atoms with Crippen LogP contribution in [0.2, 0.25) is 0 Å². The van der Waals surface area contributed by atoms with Crippen LogP contribution in [0.5, 0.6) is 0 Å². The molecule has 1 aliphatic rings. The molecule has 1 N–H and O–H groups in total. The van der Waals surface area contributed by atoms with Crippen LogP contribution in [0.4, 0.5) is 0 Å². The van der Waals surface area contributed by atoms with Gasteiger partial charge < -0.3 is 0 Å². The second kappa shape index (κ2) is 8.10. The van der Waals surface area contributed by atoms with Gasteiger partial charge in [0.2, 0.25) is 10.0 Å². The Kier molecular flexibility index (Phi) is 6.10. The molecule has 1 saturated heterocycles. The average molecular weight is 429 g/mol. The van der Waals surface area contributed by atoms with E-state index < -0.39 is 10.0 Å². The zero-order valence-electron chi connectivity index (χ0n) is 13.3. The molecule has 1 aliphatic heterocycles. The maximum absolute atomic E-state index is 12.6. The van der Waals surface area contributed by atoms with Crippen LogP contribution >= 0.6 is 27.3 Å². The Labute approximate surface area is 156 Å². The highest BCUT2D eigenvalue weighted by molar-refractivity contribution is 9.10. The van der Waals surface area contributed by atoms with Crippen LogP contribution in [0.25, 0.3) is 0 Å². The fourth-order valence-corrected chi connectivity index (χ4v) is 5.05. The number of halogens is 1. The van der Waals surface area contributed by atoms with Crippen molar-refractivity contribution in [1.29, 1.82) is 0 Å². The summed E-state index contributed by atoms with van der Waals surface area (Å²) in [5.41, 5.74) is 1.19. The summed E-state index contributed by atoms with van der Waals surface area (Å²) in [6.07, 6.45) is 3.62. The van der Waals surface area contributed by atoms with Crippen LogP contribution < -0.4 is 4.72 Å². The lowest BCUT2D eigenvalue weighted by atomic mass is 10.0. The standard InChI is InChI=1S/C17H21BrN2O2S2/c18-15-4-6-16(7-5-15)24(21,22)19-12-17(14-8-11-23-13-14)20-9-2-1-3-10-20/h4-8,11,13,17,19H,1-3,9-10,12H2. The molecule has 130 valence electrons. The van der Waals surface area contributed by atoms with E-state index in [9.17, 15) is 8.42 Å². The van der Waals surface area contributed by atoms with E-state index in [4.69, 9.17) is 0 Å². The van der Waals surface area contributed by atoms with E-state index in [0.29, 0.717) is 11.4 Å². The highest BCUT2D eigenvalue weighted by Gasteiger charge is 2.25. The Morgan fingerprint density at radius 1 is 1.12 bits per heavy atom. The molecule has 7 heteroatoms. The van der Waals surface area contributed by atoms with Crippen molar-refractivity contribution in [2.24, 2.45) is 0 Å². The molecule has 1 fully saturated rings. The van der Waals surface area contributed by atoms with Gasteiger partial charge in [-0.2, -0.15) is 11.3 Å². The van der Waals surface area contributed by atoms with E-state index in [1.165, 1.54) is 24.8 Å². The molecule has 1 aromatic carbocycles. The molecule has 1 atom stereocenters. The molecule has 0 radical (unpaired) electrons. The van der Waals surface area contributed by atoms with Crippen molar-refractivity contribution in [3.05, 3.63) is 51.1 Å². The van der Waals surface area contributed by atoms with E-state index in [1.54, 1.807) is 35.6 Å². The number of nitrogens with one attached hydrogen (secondary N) is 1. The van der Waals surface area contributed by atoms with Crippen molar-refractivity contribution in [2.45, 2.75) is 30.2 Å². The number of thiophene rings is 1. The average Bonchev–Trinajstić information content (AvgIpc) is 3.11. The zero-order chi connectivity index (χ0) is 17.0. The van der Waals surface area contributed by atoms with Crippen molar-refractivity contribution in [1.82, 2.24) is 9.62 Å². The van der Waals surface area contributed by atoms with Crippen LogP contribution in [0.3, 0.4) is 0 Å². The molecular formula is C17H21BrN2O2S2. The Bertz CT molecular complexity index is 739. The maximum atomic E-state index is 12.6. The number of hydrogen-bond donors (Lipinski definition) is 1. The van der Waals surface area contributed by atoms with Gasteiger partial charge in [-0.15, -0.1) is 0 Å². The number of piperidine rings is 1. The largest absolute Gasteiger partial charge is 0.295 e. The van der Waals surface area contributed by atoms with Gasteiger partial charge in [0.1, 0.15) is 0 Å². The van der Waals surface area contributed by atoms with Gasteiger partial charge >= 0.3 is 0 Å². The van der Waals surface area contributed by atoms with Gasteiger partial charge in [-0.3, -0.25) is 4.90 Å². The maximum Gasteiger partial charge on any atom is 0.240 e. The van der Waals surface area contributed by atoms with Crippen LogP contribution in [0, 0.1) is 0 Å². The predicted octanol–water partition coefficient (Wildman–Crippen LogP) is 4.02. The summed E-state index contributed by atoms with van der Waals surface area (Å²) in [4.78, 5) is 2.70. The van der Waals surface area contributed by atoms with E-state index in [0.717, 1.165) is 17.6 Å². The molecule has 1 unspecified atom stereocenters. The molecule has 2 aromatic rings. The molecule has 2 heterocycles. The third kappa shape index (κ3) is 4.46. The topological polar surface area (TPSA) is 49.4 Å². The quantitative estimate of drug-likeness (QED) is 0.755. The number of nitrogens with zero attached hydrogens (tertiary/aromatic N) is 1. The van der Waals surface area contributed by atoms with Gasteiger partial charge in [-0.1, -0.05) is 22.4 Å². The van der Waals surface area contributed by atoms with Crippen molar-refractivity contribution >= 4 is 37.3 Å². The monoisotopic (exact) mass is 428 g/mol. The first kappa shape index (κ1) is 18.1. The molecule has 1 aromatic heterocycles. The van der Waals surface area contributed by atoms with Crippen LogP contribution in [0.1, 0.15) is 30.9 Å². The number of sulfonamides is 1. The first-order valence-electron chi connectivity index (χ1n) is 8.08. The number of benzene rings is 1. The van der Waals surface area contributed by atoms with E-state index in [1.807, 2.05) is 0 Å². The van der Waals surface area contributed by atoms with Crippen molar-refractivity contribution in [3.63, 3.8) is 0 Å². The Morgan fingerprint density at radius 3 is 2.46 bits per heavy atom. The van der Waals surface area contributed by atoms with Gasteiger partial charge in [0.05, 0.1) is 4.90 Å². The molecule has 24 heavy (non-hydrogen) atoms. The summed E-state index contributed by atoms with van der Waals surface area (Å²) in [7, 11) is -3.50. The summed E-state index contributed by atoms with van der Waals surface area (Å²) >= 11 is 4.99. The second-order valence-electron chi connectivity index (χ2n) is 5.97. The van der Waals surface area contributed by atoms with Gasteiger partial charge in [-0.25, -0.2) is 13.1 Å². The predicted molar refractivity (Wildman–Crippen MR) is 102 cm³/mol. The molecule has 0 spiro atoms. The minimum atomic E-state index is -3.50. The highest BCUT2D eigenvalue weighted by Crippen LogP contribution is 2.26. The first-order valence-corrected chi connectivity index (χ1v) is 11.3. The van der Waals surface area contributed by atoms with Crippen molar-refractivity contribution in [2.75, 3.05) is 19.6 Å². The third-order valence-corrected chi connectivity index (χ3v) is 7.02. The van der Waals surface area contributed by atoms with E-state index >= 15 is 0 Å². The summed E-state index contributed by atoms with van der Waals surface area (Å²) in [5.74, 6) is 0. The molecule has 4 nitrogen and oxygen atoms in total. The summed E-state index contributed by atoms with van der Waals surface area (Å²) in [5, 5.41) is 4.17. The highest BCUT2D eigenvalue weighted by atomic mass is 79.9. The van der Waals surface area contributed by atoms with E-state index in [2.05, 4.69) is 42.4 Å². The SMILES string of the molecule is O=S(=O)(NCC(c1ccsc1)N1CCCCC1)c1ccc(Br)cc1. The molecule has 0 bridgehead atoms. The van der Waals surface area contributed by atoms with Crippen molar-refractivity contribution in [3.8, 4) is 0 Å². The van der Waals surface area contributed by atoms with Crippen LogP contribution in [-0.2, 0) is 10.0 Å². The lowest BCUT2D eigenvalue weighted by molar-refractivity contribution is 0.165. The van der Waals surface area contributed by atoms with Gasteiger partial charge in [0, 0.05) is 17.1 Å². The first-order chi connectivity index (χ1) is 11.6. The van der Waals surface area contributed by atoms with Crippen LogP contribution in [0.15, 0.2) is 50.5 Å². The van der Waals surface area contributed by atoms with Crippen LogP contribution in [-0.4, -0.2) is 33.0 Å². The van der Waals surface area contributed by atoms with Gasteiger partial charge in [-0.05, 0) is 72.6 Å². The fourth-order valence-electron chi connectivity index (χ4n) is 3.04. The zero-order valence-corrected chi connectivity index (χ0v) is 16.5. The smallest absolute Gasteiger partial charge is 0.240 e. The Balaban J connectivity index is 1.74. The second-order valence-corrected chi connectivity index (χ2v) is 9.44. The minimum absolute atomic E-state index is 0.0989. The minimum Gasteiger partial charge on any atom is -0.295 e. The summed E-state index contributed by atoms with van der Waals surface area (Å²) in [6.45, 7) is 2.45. The number of rotatable bonds is 6. The van der Waals surface area contributed by atoms with Gasteiger partial charge in [0.25, 0.3) is 0 Å². The number of likely N-dealkylation sites (tertiary alicyclic amines) is 1. The Morgan fingerprint density at radius 2 is 1.83 bits per heavy atom.